The van der Waals surface area contributed by atoms with E-state index in [2.05, 4.69) is 31.9 Å². The summed E-state index contributed by atoms with van der Waals surface area (Å²) in [7, 11) is 0. The number of thioether (sulfide) groups is 1. The summed E-state index contributed by atoms with van der Waals surface area (Å²) in [5, 5.41) is 0.638. The van der Waals surface area contributed by atoms with Gasteiger partial charge in [0.05, 0.1) is 25.1 Å². The number of carbonyl (C=O) groups excluding carboxylic acids is 1. The molecule has 0 N–H and O–H groups in total. The molecule has 0 bridgehead atoms. The van der Waals surface area contributed by atoms with Crippen molar-refractivity contribution in [2.24, 2.45) is 0 Å². The Hall–Kier alpha value is -1.85. The van der Waals surface area contributed by atoms with Crippen LogP contribution < -0.4 is 9.64 Å². The van der Waals surface area contributed by atoms with E-state index in [9.17, 15) is 18.0 Å². The minimum absolute atomic E-state index is 0.0685. The van der Waals surface area contributed by atoms with Gasteiger partial charge in [0.1, 0.15) is 12.4 Å². The summed E-state index contributed by atoms with van der Waals surface area (Å²) in [5.74, 6) is 0.0863. The SMILES string of the molecule is O=C1/C(=C/c2cc(Br)c(OCc3ccc(Cl)cc3)c(Br)c2)SC(=S)N1c1cccc(C(F)(F)F)c1. The van der Waals surface area contributed by atoms with Crippen molar-refractivity contribution in [3.05, 3.63) is 96.2 Å². The molecule has 180 valence electrons. The highest BCUT2D eigenvalue weighted by molar-refractivity contribution is 9.11. The Morgan fingerprint density at radius 2 is 1.71 bits per heavy atom. The van der Waals surface area contributed by atoms with Gasteiger partial charge in [0.25, 0.3) is 5.91 Å². The van der Waals surface area contributed by atoms with Crippen LogP contribution in [0.25, 0.3) is 6.08 Å². The van der Waals surface area contributed by atoms with E-state index in [4.69, 9.17) is 28.6 Å². The lowest BCUT2D eigenvalue weighted by atomic mass is 10.1. The number of ether oxygens (including phenoxy) is 1. The number of thiocarbonyl (C=S) groups is 1. The lowest BCUT2D eigenvalue weighted by Crippen LogP contribution is -2.27. The largest absolute Gasteiger partial charge is 0.487 e. The Morgan fingerprint density at radius 3 is 2.34 bits per heavy atom. The van der Waals surface area contributed by atoms with Crippen LogP contribution in [0.15, 0.2) is 74.5 Å². The highest BCUT2D eigenvalue weighted by atomic mass is 79.9. The van der Waals surface area contributed by atoms with Gasteiger partial charge in [-0.25, -0.2) is 0 Å². The number of nitrogens with zero attached hydrogens (tertiary/aromatic N) is 1. The predicted molar refractivity (Wildman–Crippen MR) is 145 cm³/mol. The van der Waals surface area contributed by atoms with E-state index in [1.807, 2.05) is 12.1 Å². The smallest absolute Gasteiger partial charge is 0.416 e. The topological polar surface area (TPSA) is 29.5 Å². The van der Waals surface area contributed by atoms with E-state index in [1.54, 1.807) is 30.3 Å². The zero-order valence-electron chi connectivity index (χ0n) is 17.4. The van der Waals surface area contributed by atoms with E-state index >= 15 is 0 Å². The van der Waals surface area contributed by atoms with E-state index in [1.165, 1.54) is 12.1 Å². The molecule has 0 aliphatic carbocycles. The Bertz CT molecular complexity index is 1320. The Morgan fingerprint density at radius 1 is 1.06 bits per heavy atom. The monoisotopic (exact) mass is 661 g/mol. The van der Waals surface area contributed by atoms with Crippen LogP contribution >= 0.6 is 67.4 Å². The summed E-state index contributed by atoms with van der Waals surface area (Å²) in [6.45, 7) is 0.323. The van der Waals surface area contributed by atoms with Crippen LogP contribution in [0.4, 0.5) is 18.9 Å². The van der Waals surface area contributed by atoms with Crippen molar-refractivity contribution in [3.63, 3.8) is 0 Å². The van der Waals surface area contributed by atoms with E-state index in [0.717, 1.165) is 34.4 Å². The number of benzene rings is 3. The summed E-state index contributed by atoms with van der Waals surface area (Å²) in [6.07, 6.45) is -2.90. The van der Waals surface area contributed by atoms with E-state index < -0.39 is 17.6 Å². The Balaban J connectivity index is 1.55. The van der Waals surface area contributed by atoms with Crippen molar-refractivity contribution in [3.8, 4) is 5.75 Å². The number of hydrogen-bond donors (Lipinski definition) is 0. The van der Waals surface area contributed by atoms with Crippen molar-refractivity contribution in [1.29, 1.82) is 0 Å². The van der Waals surface area contributed by atoms with E-state index in [0.29, 0.717) is 36.8 Å². The summed E-state index contributed by atoms with van der Waals surface area (Å²) in [6, 6.07) is 15.4. The first-order valence-electron chi connectivity index (χ1n) is 9.84. The molecule has 1 fully saturated rings. The first-order chi connectivity index (χ1) is 16.5. The normalized spacial score (nSPS) is 15.3. The molecule has 0 saturated carbocycles. The fraction of sp³-hybridized carbons (Fsp3) is 0.0833. The summed E-state index contributed by atoms with van der Waals surface area (Å²) in [5.41, 5.74) is 0.830. The molecular formula is C24H13Br2ClF3NO2S2. The van der Waals surface area contributed by atoms with Crippen LogP contribution in [-0.2, 0) is 17.6 Å². The Kier molecular flexibility index (Phi) is 7.97. The molecule has 35 heavy (non-hydrogen) atoms. The van der Waals surface area contributed by atoms with Gasteiger partial charge >= 0.3 is 6.18 Å². The lowest BCUT2D eigenvalue weighted by molar-refractivity contribution is -0.137. The molecule has 0 aromatic heterocycles. The maximum Gasteiger partial charge on any atom is 0.416 e. The first kappa shape index (κ1) is 26.2. The van der Waals surface area contributed by atoms with Gasteiger partial charge < -0.3 is 4.74 Å². The van der Waals surface area contributed by atoms with Crippen molar-refractivity contribution in [1.82, 2.24) is 0 Å². The minimum atomic E-state index is -4.53. The molecule has 1 aliphatic rings. The highest BCUT2D eigenvalue weighted by Crippen LogP contribution is 2.40. The van der Waals surface area contributed by atoms with Crippen LogP contribution in [0, 0.1) is 0 Å². The maximum absolute atomic E-state index is 13.1. The molecule has 0 unspecified atom stereocenters. The highest BCUT2D eigenvalue weighted by Gasteiger charge is 2.36. The number of carbonyl (C=O) groups is 1. The molecule has 11 heteroatoms. The summed E-state index contributed by atoms with van der Waals surface area (Å²) < 4.78 is 46.7. The second-order valence-electron chi connectivity index (χ2n) is 7.29. The molecule has 1 heterocycles. The third kappa shape index (κ3) is 6.11. The molecular weight excluding hydrogens is 651 g/mol. The predicted octanol–water partition coefficient (Wildman–Crippen LogP) is 8.87. The molecule has 3 nitrogen and oxygen atoms in total. The molecule has 0 spiro atoms. The number of alkyl halides is 3. The van der Waals surface area contributed by atoms with Gasteiger partial charge in [-0.05, 0) is 91.5 Å². The van der Waals surface area contributed by atoms with Gasteiger partial charge in [0.15, 0.2) is 4.32 Å². The number of anilines is 1. The number of halogens is 6. The van der Waals surface area contributed by atoms with Crippen LogP contribution in [-0.4, -0.2) is 10.2 Å². The van der Waals surface area contributed by atoms with Crippen molar-refractivity contribution in [2.75, 3.05) is 4.90 Å². The van der Waals surface area contributed by atoms with Gasteiger partial charge in [0, 0.05) is 5.02 Å². The van der Waals surface area contributed by atoms with Crippen LogP contribution in [0.5, 0.6) is 5.75 Å². The molecule has 1 saturated heterocycles. The third-order valence-electron chi connectivity index (χ3n) is 4.84. The Labute approximate surface area is 230 Å². The minimum Gasteiger partial charge on any atom is -0.487 e. The standard InChI is InChI=1S/C24H13Br2ClF3NO2S2/c25-18-8-14(9-19(26)21(18)33-12-13-4-6-16(27)7-5-13)10-20-22(32)31(23(34)35-20)17-3-1-2-15(11-17)24(28,29)30/h1-11H,12H2/b20-10-. The fourth-order valence-corrected chi connectivity index (χ4v) is 6.08. The van der Waals surface area contributed by atoms with Gasteiger partial charge in [-0.1, -0.05) is 53.8 Å². The summed E-state index contributed by atoms with van der Waals surface area (Å²) in [4.78, 5) is 14.4. The molecule has 0 radical (unpaired) electrons. The van der Waals surface area contributed by atoms with Gasteiger partial charge in [-0.15, -0.1) is 0 Å². The molecule has 1 amide bonds. The van der Waals surface area contributed by atoms with Crippen molar-refractivity contribution in [2.45, 2.75) is 12.8 Å². The molecule has 3 aromatic carbocycles. The number of rotatable bonds is 5. The second kappa shape index (κ2) is 10.6. The number of amides is 1. The lowest BCUT2D eigenvalue weighted by Gasteiger charge is -2.16. The molecule has 3 aromatic rings. The quantitative estimate of drug-likeness (QED) is 0.202. The molecule has 0 atom stereocenters. The van der Waals surface area contributed by atoms with Gasteiger partial charge in [-0.2, -0.15) is 13.2 Å². The van der Waals surface area contributed by atoms with Crippen LogP contribution in [0.3, 0.4) is 0 Å². The fourth-order valence-electron chi connectivity index (χ4n) is 3.20. The maximum atomic E-state index is 13.1. The summed E-state index contributed by atoms with van der Waals surface area (Å²) >= 11 is 19.2. The average Bonchev–Trinajstić information content (AvgIpc) is 3.06. The first-order valence-corrected chi connectivity index (χ1v) is 13.0. The average molecular weight is 664 g/mol. The van der Waals surface area contributed by atoms with Gasteiger partial charge in [-0.3, -0.25) is 9.69 Å². The van der Waals surface area contributed by atoms with Crippen LogP contribution in [0.2, 0.25) is 5.02 Å². The third-order valence-corrected chi connectivity index (χ3v) is 7.57. The van der Waals surface area contributed by atoms with Crippen LogP contribution in [0.1, 0.15) is 16.7 Å². The zero-order valence-corrected chi connectivity index (χ0v) is 23.0. The van der Waals surface area contributed by atoms with Crippen molar-refractivity contribution >= 4 is 89.4 Å². The second-order valence-corrected chi connectivity index (χ2v) is 11.1. The van der Waals surface area contributed by atoms with Gasteiger partial charge in [0.2, 0.25) is 0 Å². The number of hydrogen-bond acceptors (Lipinski definition) is 4. The molecule has 4 rings (SSSR count). The van der Waals surface area contributed by atoms with E-state index in [-0.39, 0.29) is 10.0 Å². The zero-order chi connectivity index (χ0) is 25.3. The van der Waals surface area contributed by atoms with Crippen molar-refractivity contribution < 1.29 is 22.7 Å². The molecule has 1 aliphatic heterocycles.